The Morgan fingerprint density at radius 3 is 2.61 bits per heavy atom. The maximum Gasteiger partial charge on any atom is 0.223 e. The summed E-state index contributed by atoms with van der Waals surface area (Å²) < 4.78 is 6.64. The van der Waals surface area contributed by atoms with Gasteiger partial charge < -0.3 is 29.7 Å². The lowest BCUT2D eigenvalue weighted by Gasteiger charge is -2.21. The van der Waals surface area contributed by atoms with E-state index in [2.05, 4.69) is 0 Å². The number of pyridine rings is 1. The molecule has 1 aliphatic heterocycles. The van der Waals surface area contributed by atoms with Gasteiger partial charge in [0.1, 0.15) is 18.3 Å². The quantitative estimate of drug-likeness (QED) is 0.511. The molecule has 1 saturated heterocycles. The molecule has 0 spiro atoms. The van der Waals surface area contributed by atoms with Crippen LogP contribution < -0.4 is 5.43 Å². The average molecular weight is 257 g/mol. The standard InChI is InChI=1S/C11H15NO6/c1-5-8(15)6(14)2-3-12(5)11-10(17)9(16)7(4-13)18-11/h2-3,7,9-11,13,15-17H,4H2,1H3/t7-,9+,10+,11-/m0/s1. The molecule has 1 aromatic heterocycles. The van der Waals surface area contributed by atoms with Crippen molar-refractivity contribution in [3.05, 3.63) is 28.2 Å². The third-order valence-electron chi connectivity index (χ3n) is 3.14. The van der Waals surface area contributed by atoms with E-state index in [-0.39, 0.29) is 5.69 Å². The van der Waals surface area contributed by atoms with Gasteiger partial charge in [0.2, 0.25) is 5.43 Å². The van der Waals surface area contributed by atoms with Gasteiger partial charge in [0.05, 0.1) is 12.3 Å². The Balaban J connectivity index is 2.39. The molecule has 0 unspecified atom stereocenters. The predicted octanol–water partition coefficient (Wildman–Crippen LogP) is -1.53. The summed E-state index contributed by atoms with van der Waals surface area (Å²) in [5.74, 6) is -0.435. The number of aliphatic hydroxyl groups excluding tert-OH is 3. The van der Waals surface area contributed by atoms with Crippen molar-refractivity contribution in [2.24, 2.45) is 0 Å². The third-order valence-corrected chi connectivity index (χ3v) is 3.14. The molecule has 7 nitrogen and oxygen atoms in total. The van der Waals surface area contributed by atoms with E-state index in [1.54, 1.807) is 0 Å². The Morgan fingerprint density at radius 1 is 1.39 bits per heavy atom. The molecule has 4 N–H and O–H groups in total. The van der Waals surface area contributed by atoms with Gasteiger partial charge in [-0.15, -0.1) is 0 Å². The summed E-state index contributed by atoms with van der Waals surface area (Å²) in [5.41, 5.74) is -0.312. The first-order valence-corrected chi connectivity index (χ1v) is 5.50. The lowest BCUT2D eigenvalue weighted by atomic mass is 10.1. The summed E-state index contributed by atoms with van der Waals surface area (Å²) in [4.78, 5) is 11.2. The molecule has 0 radical (unpaired) electrons. The maximum atomic E-state index is 11.2. The summed E-state index contributed by atoms with van der Waals surface area (Å²) >= 11 is 0. The highest BCUT2D eigenvalue weighted by atomic mass is 16.6. The highest BCUT2D eigenvalue weighted by Crippen LogP contribution is 2.30. The number of hydrogen-bond acceptors (Lipinski definition) is 6. The second-order valence-electron chi connectivity index (χ2n) is 4.25. The summed E-state index contributed by atoms with van der Waals surface area (Å²) in [6.07, 6.45) is -2.96. The van der Waals surface area contributed by atoms with Crippen LogP contribution in [0.4, 0.5) is 0 Å². The molecule has 1 aromatic rings. The Labute approximate surface area is 102 Å². The van der Waals surface area contributed by atoms with Crippen LogP contribution in [-0.4, -0.2) is 49.9 Å². The van der Waals surface area contributed by atoms with Crippen LogP contribution >= 0.6 is 0 Å². The summed E-state index contributed by atoms with van der Waals surface area (Å²) in [6.45, 7) is 1.06. The van der Waals surface area contributed by atoms with Crippen LogP contribution in [0.15, 0.2) is 17.1 Å². The smallest absolute Gasteiger partial charge is 0.223 e. The van der Waals surface area contributed by atoms with Crippen LogP contribution in [0.1, 0.15) is 11.9 Å². The fourth-order valence-corrected chi connectivity index (χ4v) is 2.02. The van der Waals surface area contributed by atoms with E-state index in [1.807, 2.05) is 0 Å². The molecule has 1 aliphatic rings. The molecule has 0 aromatic carbocycles. The SMILES string of the molecule is Cc1c(O)c(=O)ccn1[C@H]1O[C@@H](CO)[C@@H](O)[C@H]1O. The van der Waals surface area contributed by atoms with Gasteiger partial charge in [0, 0.05) is 12.3 Å². The molecule has 18 heavy (non-hydrogen) atoms. The van der Waals surface area contributed by atoms with Gasteiger partial charge in [-0.1, -0.05) is 0 Å². The second kappa shape index (κ2) is 4.69. The molecule has 2 heterocycles. The largest absolute Gasteiger partial charge is 0.503 e. The molecule has 1 fully saturated rings. The lowest BCUT2D eigenvalue weighted by Crippen LogP contribution is -2.33. The molecule has 0 saturated carbocycles. The van der Waals surface area contributed by atoms with Gasteiger partial charge >= 0.3 is 0 Å². The van der Waals surface area contributed by atoms with Gasteiger partial charge in [-0.05, 0) is 6.92 Å². The van der Waals surface area contributed by atoms with E-state index in [0.717, 1.165) is 6.07 Å². The van der Waals surface area contributed by atoms with Crippen LogP contribution in [0.3, 0.4) is 0 Å². The van der Waals surface area contributed by atoms with Gasteiger partial charge in [-0.25, -0.2) is 0 Å². The minimum atomic E-state index is -1.25. The van der Waals surface area contributed by atoms with Crippen molar-refractivity contribution >= 4 is 0 Å². The first kappa shape index (κ1) is 13.0. The summed E-state index contributed by atoms with van der Waals surface area (Å²) in [6, 6.07) is 1.14. The Morgan fingerprint density at radius 2 is 2.06 bits per heavy atom. The monoisotopic (exact) mass is 257 g/mol. The Hall–Kier alpha value is -1.41. The minimum Gasteiger partial charge on any atom is -0.503 e. The third kappa shape index (κ3) is 1.91. The maximum absolute atomic E-state index is 11.2. The minimum absolute atomic E-state index is 0.220. The zero-order chi connectivity index (χ0) is 13.4. The number of rotatable bonds is 2. The van der Waals surface area contributed by atoms with Crippen molar-refractivity contribution in [2.45, 2.75) is 31.5 Å². The van der Waals surface area contributed by atoms with Crippen LogP contribution in [0.25, 0.3) is 0 Å². The van der Waals surface area contributed by atoms with Crippen LogP contribution in [0, 0.1) is 6.92 Å². The zero-order valence-corrected chi connectivity index (χ0v) is 9.72. The highest BCUT2D eigenvalue weighted by Gasteiger charge is 2.43. The topological polar surface area (TPSA) is 112 Å². The van der Waals surface area contributed by atoms with E-state index >= 15 is 0 Å². The van der Waals surface area contributed by atoms with Crippen LogP contribution in [0.2, 0.25) is 0 Å². The molecule has 100 valence electrons. The predicted molar refractivity (Wildman–Crippen MR) is 60.1 cm³/mol. The van der Waals surface area contributed by atoms with Gasteiger partial charge in [-0.3, -0.25) is 4.79 Å². The lowest BCUT2D eigenvalue weighted by molar-refractivity contribution is -0.0541. The van der Waals surface area contributed by atoms with Crippen LogP contribution in [-0.2, 0) is 4.74 Å². The summed E-state index contributed by atoms with van der Waals surface area (Å²) in [5, 5.41) is 38.0. The molecule has 4 atom stereocenters. The number of hydrogen-bond donors (Lipinski definition) is 4. The normalized spacial score (nSPS) is 31.8. The molecule has 2 rings (SSSR count). The van der Waals surface area contributed by atoms with Gasteiger partial charge in [-0.2, -0.15) is 0 Å². The molecular formula is C11H15NO6. The highest BCUT2D eigenvalue weighted by molar-refractivity contribution is 5.25. The zero-order valence-electron chi connectivity index (χ0n) is 9.72. The van der Waals surface area contributed by atoms with Gasteiger partial charge in [0.15, 0.2) is 12.0 Å². The van der Waals surface area contributed by atoms with Crippen molar-refractivity contribution in [1.82, 2.24) is 4.57 Å². The van der Waals surface area contributed by atoms with Crippen molar-refractivity contribution < 1.29 is 25.2 Å². The number of aliphatic hydroxyl groups is 3. The summed E-state index contributed by atoms with van der Waals surface area (Å²) in [7, 11) is 0. The fraction of sp³-hybridized carbons (Fsp3) is 0.545. The molecule has 7 heteroatoms. The van der Waals surface area contributed by atoms with Crippen molar-refractivity contribution in [3.8, 4) is 5.75 Å². The molecule has 0 amide bonds. The average Bonchev–Trinajstić information content (AvgIpc) is 2.64. The van der Waals surface area contributed by atoms with E-state index in [0.29, 0.717) is 0 Å². The second-order valence-corrected chi connectivity index (χ2v) is 4.25. The molecule has 0 bridgehead atoms. The van der Waals surface area contributed by atoms with E-state index in [1.165, 1.54) is 17.7 Å². The van der Waals surface area contributed by atoms with Crippen molar-refractivity contribution in [3.63, 3.8) is 0 Å². The Kier molecular flexibility index (Phi) is 3.40. The first-order valence-electron chi connectivity index (χ1n) is 5.50. The van der Waals surface area contributed by atoms with E-state index in [4.69, 9.17) is 9.84 Å². The number of ether oxygens (including phenoxy) is 1. The number of aromatic hydroxyl groups is 1. The fourth-order valence-electron chi connectivity index (χ4n) is 2.02. The number of nitrogens with zero attached hydrogens (tertiary/aromatic N) is 1. The van der Waals surface area contributed by atoms with Crippen molar-refractivity contribution in [2.75, 3.05) is 6.61 Å². The van der Waals surface area contributed by atoms with Crippen LogP contribution in [0.5, 0.6) is 5.75 Å². The van der Waals surface area contributed by atoms with Gasteiger partial charge in [0.25, 0.3) is 0 Å². The van der Waals surface area contributed by atoms with E-state index in [9.17, 15) is 20.1 Å². The molecule has 0 aliphatic carbocycles. The number of aromatic nitrogens is 1. The molecular weight excluding hydrogens is 242 g/mol. The Bertz CT molecular complexity index is 499. The first-order chi connectivity index (χ1) is 8.47. The van der Waals surface area contributed by atoms with E-state index < -0.39 is 42.3 Å². The van der Waals surface area contributed by atoms with Crippen molar-refractivity contribution in [1.29, 1.82) is 0 Å².